The Balaban J connectivity index is 1.84. The highest BCUT2D eigenvalue weighted by Crippen LogP contribution is 2.42. The van der Waals surface area contributed by atoms with Crippen LogP contribution in [0.15, 0.2) is 11.3 Å². The second-order valence-electron chi connectivity index (χ2n) is 5.41. The number of aromatic nitrogens is 2. The predicted molar refractivity (Wildman–Crippen MR) is 84.8 cm³/mol. The third-order valence-electron chi connectivity index (χ3n) is 3.85. The molecule has 0 aromatic carbocycles. The lowest BCUT2D eigenvalue weighted by Gasteiger charge is -2.28. The fraction of sp³-hybridized carbons (Fsp3) is 0.636. The van der Waals surface area contributed by atoms with Gasteiger partial charge in [0.25, 0.3) is 0 Å². The summed E-state index contributed by atoms with van der Waals surface area (Å²) in [7, 11) is -4.74. The highest BCUT2D eigenvalue weighted by atomic mass is 32.2. The molecule has 1 fully saturated rings. The van der Waals surface area contributed by atoms with E-state index in [1.54, 1.807) is 6.26 Å². The van der Waals surface area contributed by atoms with Crippen LogP contribution < -0.4 is 5.32 Å². The smallest absolute Gasteiger partial charge is 0.387 e. The van der Waals surface area contributed by atoms with E-state index >= 15 is 0 Å². The van der Waals surface area contributed by atoms with E-state index in [0.717, 1.165) is 11.8 Å². The number of hydrogen-bond donors (Lipinski definition) is 6. The molecule has 12 nitrogen and oxygen atoms in total. The summed E-state index contributed by atoms with van der Waals surface area (Å²) in [5.41, 5.74) is 0.197. The van der Waals surface area contributed by atoms with Crippen LogP contribution in [0.4, 0.5) is 5.82 Å². The second kappa shape index (κ2) is 6.61. The largest absolute Gasteiger partial charge is 0.469 e. The number of aliphatic hydroxyl groups is 3. The molecular weight excluding hydrogens is 379 g/mol. The fourth-order valence-electron chi connectivity index (χ4n) is 2.58. The number of aliphatic hydroxyl groups excluding tert-OH is 2. The average Bonchev–Trinajstić information content (AvgIpc) is 3.09. The quantitative estimate of drug-likeness (QED) is 0.248. The molecule has 3 rings (SSSR count). The van der Waals surface area contributed by atoms with Crippen LogP contribution >= 0.6 is 19.6 Å². The summed E-state index contributed by atoms with van der Waals surface area (Å²) in [5, 5.41) is 31.9. The van der Waals surface area contributed by atoms with Crippen LogP contribution in [0.5, 0.6) is 0 Å². The van der Waals surface area contributed by atoms with Crippen molar-refractivity contribution in [3.05, 3.63) is 12.0 Å². The van der Waals surface area contributed by atoms with Gasteiger partial charge in [-0.15, -0.1) is 11.8 Å². The zero-order valence-electron chi connectivity index (χ0n) is 12.8. The maximum Gasteiger partial charge on any atom is 0.469 e. The third-order valence-corrected chi connectivity index (χ3v) is 5.24. The molecule has 1 unspecified atom stereocenters. The zero-order valence-corrected chi connectivity index (χ0v) is 14.5. The van der Waals surface area contributed by atoms with Crippen LogP contribution in [0.3, 0.4) is 0 Å². The number of phosphoric ester groups is 1. The Kier molecular flexibility index (Phi) is 4.96. The van der Waals surface area contributed by atoms with Crippen molar-refractivity contribution in [2.45, 2.75) is 29.6 Å². The minimum absolute atomic E-state index is 0.197. The molecule has 1 saturated heterocycles. The van der Waals surface area contributed by atoms with Crippen LogP contribution in [0.1, 0.15) is 11.9 Å². The number of nitrogens with one attached hydrogen (secondary N) is 1. The van der Waals surface area contributed by atoms with Crippen LogP contribution in [0.25, 0.3) is 0 Å². The summed E-state index contributed by atoms with van der Waals surface area (Å²) >= 11 is 1.08. The number of nitrogens with zero attached hydrogens (tertiary/aromatic N) is 3. The Labute approximate surface area is 145 Å². The van der Waals surface area contributed by atoms with Gasteiger partial charge in [0.2, 0.25) is 5.06 Å². The molecule has 0 bridgehead atoms. The molecule has 2 aliphatic rings. The maximum atomic E-state index is 10.8. The average molecular weight is 396 g/mol. The minimum atomic E-state index is -4.74. The van der Waals surface area contributed by atoms with E-state index in [1.807, 2.05) is 0 Å². The first-order chi connectivity index (χ1) is 11.7. The van der Waals surface area contributed by atoms with E-state index < -0.39 is 44.0 Å². The topological polar surface area (TPSA) is 179 Å². The number of fused-ring (bicyclic) bond motifs is 1. The molecule has 2 aliphatic heterocycles. The first-order valence-corrected chi connectivity index (χ1v) is 9.78. The minimum Gasteiger partial charge on any atom is -0.387 e. The zero-order chi connectivity index (χ0) is 18.4. The Morgan fingerprint density at radius 2 is 2.20 bits per heavy atom. The molecular formula is C11H17N4O8PS. The van der Waals surface area contributed by atoms with Gasteiger partial charge in [0.15, 0.2) is 12.0 Å². The van der Waals surface area contributed by atoms with Gasteiger partial charge in [-0.2, -0.15) is 0 Å². The van der Waals surface area contributed by atoms with Gasteiger partial charge in [0, 0.05) is 0 Å². The highest BCUT2D eigenvalue weighted by molar-refractivity contribution is 7.99. The van der Waals surface area contributed by atoms with Gasteiger partial charge in [0.1, 0.15) is 24.0 Å². The van der Waals surface area contributed by atoms with Crippen LogP contribution in [0, 0.1) is 0 Å². The molecule has 25 heavy (non-hydrogen) atoms. The van der Waals surface area contributed by atoms with Crippen molar-refractivity contribution in [3.8, 4) is 0 Å². The normalized spacial score (nSPS) is 34.8. The number of rotatable bonds is 5. The molecule has 3 heterocycles. The van der Waals surface area contributed by atoms with Crippen molar-refractivity contribution in [2.24, 2.45) is 4.99 Å². The van der Waals surface area contributed by atoms with Crippen molar-refractivity contribution in [3.63, 3.8) is 0 Å². The molecule has 5 atom stereocenters. The lowest BCUT2D eigenvalue weighted by molar-refractivity contribution is -0.0514. The highest BCUT2D eigenvalue weighted by Gasteiger charge is 2.47. The molecule has 1 aromatic rings. The van der Waals surface area contributed by atoms with E-state index in [9.17, 15) is 19.9 Å². The number of thioether (sulfide) groups is 1. The lowest BCUT2D eigenvalue weighted by atomic mass is 10.1. The third kappa shape index (κ3) is 3.47. The lowest BCUT2D eigenvalue weighted by Crippen LogP contribution is -2.40. The van der Waals surface area contributed by atoms with Crippen molar-refractivity contribution in [1.82, 2.24) is 14.9 Å². The van der Waals surface area contributed by atoms with Gasteiger partial charge in [-0.25, -0.2) is 14.5 Å². The van der Waals surface area contributed by atoms with E-state index in [1.165, 1.54) is 17.2 Å². The summed E-state index contributed by atoms with van der Waals surface area (Å²) in [6.07, 6.45) is -0.953. The molecule has 1 aromatic heterocycles. The molecule has 0 saturated carbocycles. The Hall–Kier alpha value is -1.02. The summed E-state index contributed by atoms with van der Waals surface area (Å²) < 4.78 is 21.9. The van der Waals surface area contributed by atoms with E-state index in [2.05, 4.69) is 19.8 Å². The monoisotopic (exact) mass is 396 g/mol. The van der Waals surface area contributed by atoms with Gasteiger partial charge in [0.05, 0.1) is 19.3 Å². The fourth-order valence-corrected chi connectivity index (χ4v) is 3.43. The summed E-state index contributed by atoms with van der Waals surface area (Å²) in [4.78, 5) is 25.6. The first kappa shape index (κ1) is 18.8. The Morgan fingerprint density at radius 1 is 1.48 bits per heavy atom. The molecule has 14 heteroatoms. The maximum absolute atomic E-state index is 10.8. The number of imidazole rings is 1. The van der Waals surface area contributed by atoms with Crippen LogP contribution in [-0.4, -0.2) is 72.2 Å². The number of phosphoric acid groups is 1. The standard InChI is InChI=1S/C11H17N4O8PS/c1-25-11(18)8-9(12-3-14-11)15(4-13-8)10-7(17)6(16)5(23-10)2-22-24(19,20)21/h3-7,10,16-18H,2H2,1H3,(H,12,14)(H2,19,20,21)/t5-,6-,7-,10-,11?/m1/s1. The Morgan fingerprint density at radius 3 is 2.84 bits per heavy atom. The molecule has 6 N–H and O–H groups in total. The number of aliphatic imine (C=N–C) groups is 1. The summed E-state index contributed by atoms with van der Waals surface area (Å²) in [6, 6.07) is 0. The predicted octanol–water partition coefficient (Wildman–Crippen LogP) is -1.66. The van der Waals surface area contributed by atoms with Crippen molar-refractivity contribution < 1.29 is 38.9 Å². The van der Waals surface area contributed by atoms with Gasteiger partial charge < -0.3 is 35.2 Å². The van der Waals surface area contributed by atoms with Crippen LogP contribution in [0.2, 0.25) is 0 Å². The molecule has 140 valence electrons. The van der Waals surface area contributed by atoms with Gasteiger partial charge in [-0.3, -0.25) is 9.09 Å². The van der Waals surface area contributed by atoms with Gasteiger partial charge >= 0.3 is 7.82 Å². The SMILES string of the molecule is CSC1(O)NC=Nc2c1ncn2[C@@H]1O[C@H](COP(=O)(O)O)[C@@H](O)[C@H]1O. The summed E-state index contributed by atoms with van der Waals surface area (Å²) in [6.45, 7) is -0.616. The van der Waals surface area contributed by atoms with Crippen molar-refractivity contribution in [2.75, 3.05) is 12.9 Å². The van der Waals surface area contributed by atoms with Crippen LogP contribution in [-0.2, 0) is 18.9 Å². The second-order valence-corrected chi connectivity index (χ2v) is 7.65. The van der Waals surface area contributed by atoms with E-state index in [-0.39, 0.29) is 11.5 Å². The number of ether oxygens (including phenoxy) is 1. The van der Waals surface area contributed by atoms with Gasteiger partial charge in [-0.1, -0.05) is 0 Å². The van der Waals surface area contributed by atoms with Gasteiger partial charge in [-0.05, 0) is 6.26 Å². The number of hydrogen-bond acceptors (Lipinski definition) is 10. The summed E-state index contributed by atoms with van der Waals surface area (Å²) in [5.74, 6) is 0.211. The van der Waals surface area contributed by atoms with E-state index in [0.29, 0.717) is 0 Å². The molecule has 0 aliphatic carbocycles. The molecule has 0 spiro atoms. The molecule has 0 amide bonds. The Bertz CT molecular complexity index is 725. The first-order valence-electron chi connectivity index (χ1n) is 7.03. The van der Waals surface area contributed by atoms with E-state index in [4.69, 9.17) is 14.5 Å². The molecule has 0 radical (unpaired) electrons. The van der Waals surface area contributed by atoms with Crippen molar-refractivity contribution >= 4 is 31.7 Å². The van der Waals surface area contributed by atoms with Crippen molar-refractivity contribution in [1.29, 1.82) is 0 Å².